The lowest BCUT2D eigenvalue weighted by atomic mass is 10.0. The molecule has 1 fully saturated rings. The molecular weight excluding hydrogens is 611 g/mol. The molecule has 0 unspecified atom stereocenters. The van der Waals surface area contributed by atoms with Crippen molar-refractivity contribution in [2.45, 2.75) is 0 Å². The Morgan fingerprint density at radius 1 is 0.744 bits per heavy atom. The van der Waals surface area contributed by atoms with Crippen LogP contribution in [0.15, 0.2) is 137 Å². The zero-order valence-electron chi connectivity index (χ0n) is 22.4. The van der Waals surface area contributed by atoms with Crippen LogP contribution in [0.5, 0.6) is 0 Å². The molecule has 10 heteroatoms. The summed E-state index contributed by atoms with van der Waals surface area (Å²) in [5.41, 5.74) is 6.19. The van der Waals surface area contributed by atoms with Crippen molar-refractivity contribution in [1.82, 2.24) is 10.3 Å². The number of thiazole rings is 1. The van der Waals surface area contributed by atoms with Crippen molar-refractivity contribution < 1.29 is 4.79 Å². The molecule has 0 aliphatic carbocycles. The van der Waals surface area contributed by atoms with Gasteiger partial charge in [0.1, 0.15) is 14.8 Å². The number of hydrogen-bond acceptors (Lipinski definition) is 9. The normalized spacial score (nSPS) is 14.4. The number of para-hydroxylation sites is 2. The van der Waals surface area contributed by atoms with Crippen molar-refractivity contribution in [2.24, 2.45) is 10.2 Å². The van der Waals surface area contributed by atoms with Gasteiger partial charge in [-0.15, -0.1) is 21.6 Å². The van der Waals surface area contributed by atoms with E-state index in [-0.39, 0.29) is 5.12 Å². The Balaban J connectivity index is 1.15. The van der Waals surface area contributed by atoms with Crippen LogP contribution in [0.25, 0.3) is 15.1 Å². The first-order valence-electron chi connectivity index (χ1n) is 13.3. The summed E-state index contributed by atoms with van der Waals surface area (Å²) in [6, 6.07) is 40.5. The largest absolute Gasteiger partial charge is 0.337 e. The minimum atomic E-state index is -0.0790. The van der Waals surface area contributed by atoms with Crippen LogP contribution >= 0.6 is 46.7 Å². The standard InChI is InChI=1S/C33H21N5OS4/c39-31-29(34-33(40)43-31)28(21-10-4-1-5-11-21)26-20-27-30(41-26)35-32(42-27)37-36-22-16-18-25(19-17-22)38(23-12-6-2-7-13-23)24-14-8-3-9-15-24/h1-20H,(H,34,40)/b29-28+,37-36?. The van der Waals surface area contributed by atoms with E-state index in [1.54, 1.807) is 0 Å². The van der Waals surface area contributed by atoms with E-state index in [9.17, 15) is 4.79 Å². The number of benzene rings is 4. The molecule has 208 valence electrons. The van der Waals surface area contributed by atoms with E-state index >= 15 is 0 Å². The summed E-state index contributed by atoms with van der Waals surface area (Å²) in [5.74, 6) is 0. The van der Waals surface area contributed by atoms with Gasteiger partial charge in [-0.2, -0.15) is 0 Å². The van der Waals surface area contributed by atoms with Gasteiger partial charge in [0.05, 0.1) is 10.4 Å². The third-order valence-electron chi connectivity index (χ3n) is 6.64. The molecule has 0 saturated carbocycles. The molecular formula is C33H21N5OS4. The molecule has 0 amide bonds. The molecule has 1 N–H and O–H groups in total. The Hall–Kier alpha value is -4.48. The second-order valence-electron chi connectivity index (χ2n) is 9.42. The van der Waals surface area contributed by atoms with Gasteiger partial charge in [0, 0.05) is 27.5 Å². The summed E-state index contributed by atoms with van der Waals surface area (Å²) in [4.78, 5) is 21.4. The second-order valence-corrected chi connectivity index (χ2v) is 13.1. The van der Waals surface area contributed by atoms with Crippen molar-refractivity contribution >= 4 is 99.1 Å². The Bertz CT molecular complexity index is 1930. The van der Waals surface area contributed by atoms with Crippen molar-refractivity contribution in [3.8, 4) is 0 Å². The van der Waals surface area contributed by atoms with Crippen LogP contribution in [0.4, 0.5) is 27.9 Å². The quantitative estimate of drug-likeness (QED) is 0.107. The molecule has 2 aromatic heterocycles. The van der Waals surface area contributed by atoms with Crippen molar-refractivity contribution in [1.29, 1.82) is 0 Å². The molecule has 0 spiro atoms. The fourth-order valence-electron chi connectivity index (χ4n) is 4.75. The molecule has 1 aliphatic heterocycles. The van der Waals surface area contributed by atoms with E-state index in [4.69, 9.17) is 17.2 Å². The maximum absolute atomic E-state index is 12.7. The zero-order chi connectivity index (χ0) is 29.2. The molecule has 7 rings (SSSR count). The number of thiophene rings is 1. The number of aromatic nitrogens is 1. The Labute approximate surface area is 265 Å². The average molecular weight is 632 g/mol. The number of thioether (sulfide) groups is 1. The van der Waals surface area contributed by atoms with Crippen LogP contribution in [0.1, 0.15) is 10.4 Å². The highest BCUT2D eigenvalue weighted by Gasteiger charge is 2.28. The van der Waals surface area contributed by atoms with Gasteiger partial charge in [-0.25, -0.2) is 4.98 Å². The number of hydrogen-bond donors (Lipinski definition) is 1. The summed E-state index contributed by atoms with van der Waals surface area (Å²) in [6.45, 7) is 0. The van der Waals surface area contributed by atoms with Crippen LogP contribution in [-0.2, 0) is 4.79 Å². The number of anilines is 3. The molecule has 0 atom stereocenters. The number of carbonyl (C=O) groups is 1. The van der Waals surface area contributed by atoms with E-state index < -0.39 is 0 Å². The summed E-state index contributed by atoms with van der Waals surface area (Å²) in [6.07, 6.45) is 0. The minimum Gasteiger partial charge on any atom is -0.337 e. The van der Waals surface area contributed by atoms with Crippen LogP contribution < -0.4 is 10.2 Å². The zero-order valence-corrected chi connectivity index (χ0v) is 25.6. The smallest absolute Gasteiger partial charge is 0.243 e. The molecule has 6 aromatic rings. The van der Waals surface area contributed by atoms with Crippen molar-refractivity contribution in [2.75, 3.05) is 4.90 Å². The van der Waals surface area contributed by atoms with Gasteiger partial charge >= 0.3 is 0 Å². The molecule has 4 aromatic carbocycles. The van der Waals surface area contributed by atoms with Crippen LogP contribution in [0, 0.1) is 0 Å². The predicted octanol–water partition coefficient (Wildman–Crippen LogP) is 10.2. The van der Waals surface area contributed by atoms with Gasteiger partial charge in [0.15, 0.2) is 0 Å². The number of azo groups is 1. The van der Waals surface area contributed by atoms with Gasteiger partial charge in [0.25, 0.3) is 0 Å². The van der Waals surface area contributed by atoms with Crippen LogP contribution in [0.2, 0.25) is 0 Å². The Kier molecular flexibility index (Phi) is 7.65. The highest BCUT2D eigenvalue weighted by atomic mass is 32.2. The fraction of sp³-hybridized carbons (Fsp3) is 0. The molecule has 3 heterocycles. The number of thiocarbonyl (C=S) groups is 1. The van der Waals surface area contributed by atoms with E-state index in [1.807, 2.05) is 91.0 Å². The van der Waals surface area contributed by atoms with Gasteiger partial charge in [-0.3, -0.25) is 4.79 Å². The highest BCUT2D eigenvalue weighted by Crippen LogP contribution is 2.42. The van der Waals surface area contributed by atoms with Gasteiger partial charge in [0.2, 0.25) is 10.2 Å². The first-order valence-corrected chi connectivity index (χ1v) is 16.1. The number of nitrogens with one attached hydrogen (secondary N) is 1. The summed E-state index contributed by atoms with van der Waals surface area (Å²) in [7, 11) is 0. The second kappa shape index (κ2) is 12.0. The molecule has 1 saturated heterocycles. The number of nitrogens with zero attached hydrogens (tertiary/aromatic N) is 4. The Morgan fingerprint density at radius 3 is 1.93 bits per heavy atom. The lowest BCUT2D eigenvalue weighted by molar-refractivity contribution is -0.107. The first-order chi connectivity index (χ1) is 21.1. The van der Waals surface area contributed by atoms with E-state index in [0.717, 1.165) is 60.1 Å². The average Bonchev–Trinajstić information content (AvgIpc) is 3.71. The molecule has 6 nitrogen and oxygen atoms in total. The minimum absolute atomic E-state index is 0.0790. The highest BCUT2D eigenvalue weighted by molar-refractivity contribution is 8.33. The van der Waals surface area contributed by atoms with Gasteiger partial charge < -0.3 is 10.2 Å². The summed E-state index contributed by atoms with van der Waals surface area (Å²) < 4.78 is 1.45. The fourth-order valence-corrected chi connectivity index (χ4v) is 7.76. The summed E-state index contributed by atoms with van der Waals surface area (Å²) in [5, 5.41) is 12.5. The summed E-state index contributed by atoms with van der Waals surface area (Å²) >= 11 is 9.29. The van der Waals surface area contributed by atoms with Crippen molar-refractivity contribution in [3.63, 3.8) is 0 Å². The van der Waals surface area contributed by atoms with Gasteiger partial charge in [-0.05, 0) is 71.9 Å². The topological polar surface area (TPSA) is 70.0 Å². The van der Waals surface area contributed by atoms with E-state index in [2.05, 4.69) is 50.8 Å². The lowest BCUT2D eigenvalue weighted by Gasteiger charge is -2.25. The molecule has 43 heavy (non-hydrogen) atoms. The first kappa shape index (κ1) is 27.4. The van der Waals surface area contributed by atoms with E-state index in [0.29, 0.717) is 15.1 Å². The Morgan fingerprint density at radius 2 is 1.35 bits per heavy atom. The number of rotatable bonds is 7. The van der Waals surface area contributed by atoms with Crippen molar-refractivity contribution in [3.05, 3.63) is 137 Å². The van der Waals surface area contributed by atoms with Crippen LogP contribution in [-0.4, -0.2) is 14.4 Å². The third kappa shape index (κ3) is 5.78. The molecule has 0 radical (unpaired) electrons. The van der Waals surface area contributed by atoms with E-state index in [1.165, 1.54) is 22.7 Å². The maximum Gasteiger partial charge on any atom is 0.243 e. The monoisotopic (exact) mass is 631 g/mol. The SMILES string of the molecule is O=C1SC(=S)N/C1=C(\c1ccccc1)c1cc2sc(N=Nc3ccc(N(c4ccccc4)c4ccccc4)cc3)nc2s1. The van der Waals surface area contributed by atoms with Crippen LogP contribution in [0.3, 0.4) is 0 Å². The maximum atomic E-state index is 12.7. The lowest BCUT2D eigenvalue weighted by Crippen LogP contribution is -2.13. The predicted molar refractivity (Wildman–Crippen MR) is 184 cm³/mol. The van der Waals surface area contributed by atoms with Gasteiger partial charge in [-0.1, -0.05) is 90.3 Å². The molecule has 1 aliphatic rings. The number of carbonyl (C=O) groups excluding carboxylic acids is 1. The third-order valence-corrected chi connectivity index (χ3v) is 9.73. The molecule has 0 bridgehead atoms. The number of fused-ring (bicyclic) bond motifs is 1.